The zero-order valence-corrected chi connectivity index (χ0v) is 14.2. The van der Waals surface area contributed by atoms with Gasteiger partial charge in [-0.15, -0.1) is 0 Å². The van der Waals surface area contributed by atoms with E-state index in [-0.39, 0.29) is 11.4 Å². The second-order valence-corrected chi connectivity index (χ2v) is 6.20. The van der Waals surface area contributed by atoms with Crippen LogP contribution in [0.5, 0.6) is 0 Å². The van der Waals surface area contributed by atoms with E-state index in [0.717, 1.165) is 4.47 Å². The van der Waals surface area contributed by atoms with Gasteiger partial charge in [-0.1, -0.05) is 27.5 Å². The van der Waals surface area contributed by atoms with Crippen LogP contribution in [0.2, 0.25) is 5.02 Å². The fourth-order valence-corrected chi connectivity index (χ4v) is 2.59. The normalized spacial score (nSPS) is 10.2. The fraction of sp³-hybridized carbons (Fsp3) is 0. The number of rotatable bonds is 3. The molecule has 0 aliphatic rings. The number of amides is 1. The summed E-state index contributed by atoms with van der Waals surface area (Å²) in [5, 5.41) is 13.8. The second-order valence-electron chi connectivity index (χ2n) is 4.00. The monoisotopic (exact) mass is 432 g/mol. The third-order valence-corrected chi connectivity index (χ3v) is 4.00. The lowest BCUT2D eigenvalue weighted by Gasteiger charge is -2.08. The van der Waals surface area contributed by atoms with Crippen molar-refractivity contribution in [3.8, 4) is 0 Å². The zero-order valence-electron chi connectivity index (χ0n) is 10.3. The van der Waals surface area contributed by atoms with Crippen molar-refractivity contribution in [1.82, 2.24) is 0 Å². The molecule has 0 bridgehead atoms. The summed E-state index contributed by atoms with van der Waals surface area (Å²) in [6.45, 7) is 0. The van der Waals surface area contributed by atoms with Crippen LogP contribution in [0.15, 0.2) is 45.3 Å². The Morgan fingerprint density at radius 1 is 1.19 bits per heavy atom. The van der Waals surface area contributed by atoms with Crippen LogP contribution in [0.25, 0.3) is 0 Å². The van der Waals surface area contributed by atoms with Gasteiger partial charge in [0, 0.05) is 20.0 Å². The molecule has 2 aromatic rings. The van der Waals surface area contributed by atoms with Crippen LogP contribution in [-0.2, 0) is 0 Å². The summed E-state index contributed by atoms with van der Waals surface area (Å²) < 4.78 is 1.30. The highest BCUT2D eigenvalue weighted by Crippen LogP contribution is 2.29. The summed E-state index contributed by atoms with van der Waals surface area (Å²) in [5.74, 6) is -0.478. The summed E-state index contributed by atoms with van der Waals surface area (Å²) >= 11 is 12.4. The maximum Gasteiger partial charge on any atom is 0.292 e. The second kappa shape index (κ2) is 6.55. The van der Waals surface area contributed by atoms with Gasteiger partial charge < -0.3 is 5.32 Å². The number of carbonyl (C=O) groups excluding carboxylic acids is 1. The van der Waals surface area contributed by atoms with Crippen molar-refractivity contribution < 1.29 is 9.72 Å². The highest BCUT2D eigenvalue weighted by molar-refractivity contribution is 9.11. The first-order chi connectivity index (χ1) is 9.88. The van der Waals surface area contributed by atoms with E-state index in [1.807, 2.05) is 0 Å². The Bertz CT molecular complexity index is 737. The van der Waals surface area contributed by atoms with E-state index in [1.165, 1.54) is 18.2 Å². The molecular formula is C13H7Br2ClN2O3. The largest absolute Gasteiger partial charge is 0.316 e. The number of nitro groups is 1. The van der Waals surface area contributed by atoms with Gasteiger partial charge in [0.25, 0.3) is 11.6 Å². The van der Waals surface area contributed by atoms with Gasteiger partial charge in [-0.05, 0) is 46.3 Å². The minimum Gasteiger partial charge on any atom is -0.316 e. The quantitative estimate of drug-likeness (QED) is 0.544. The van der Waals surface area contributed by atoms with Crippen LogP contribution in [0.1, 0.15) is 10.4 Å². The molecule has 108 valence electrons. The van der Waals surface area contributed by atoms with Crippen LogP contribution in [0, 0.1) is 10.1 Å². The molecule has 21 heavy (non-hydrogen) atoms. The first-order valence-electron chi connectivity index (χ1n) is 5.59. The minimum absolute atomic E-state index is 0.0457. The smallest absolute Gasteiger partial charge is 0.292 e. The van der Waals surface area contributed by atoms with Gasteiger partial charge in [0.2, 0.25) is 0 Å². The lowest BCUT2D eigenvalue weighted by atomic mass is 10.2. The Balaban J connectivity index is 2.38. The summed E-state index contributed by atoms with van der Waals surface area (Å²) in [4.78, 5) is 22.6. The molecule has 0 radical (unpaired) electrons. The number of nitrogens with one attached hydrogen (secondary N) is 1. The van der Waals surface area contributed by atoms with E-state index in [0.29, 0.717) is 15.1 Å². The molecule has 0 fully saturated rings. The zero-order chi connectivity index (χ0) is 15.6. The van der Waals surface area contributed by atoms with Crippen molar-refractivity contribution in [2.75, 3.05) is 5.32 Å². The maximum absolute atomic E-state index is 12.2. The van der Waals surface area contributed by atoms with Crippen molar-refractivity contribution in [2.24, 2.45) is 0 Å². The number of carbonyl (C=O) groups is 1. The number of hydrogen-bond acceptors (Lipinski definition) is 3. The van der Waals surface area contributed by atoms with Gasteiger partial charge in [-0.25, -0.2) is 0 Å². The Morgan fingerprint density at radius 2 is 1.90 bits per heavy atom. The molecule has 2 aromatic carbocycles. The minimum atomic E-state index is -0.581. The van der Waals surface area contributed by atoms with Crippen LogP contribution in [0.3, 0.4) is 0 Å². The van der Waals surface area contributed by atoms with Crippen LogP contribution in [-0.4, -0.2) is 10.8 Å². The molecule has 5 nitrogen and oxygen atoms in total. The maximum atomic E-state index is 12.2. The summed E-state index contributed by atoms with van der Waals surface area (Å²) in [6.07, 6.45) is 0. The predicted octanol–water partition coefficient (Wildman–Crippen LogP) is 5.03. The van der Waals surface area contributed by atoms with Gasteiger partial charge in [-0.2, -0.15) is 0 Å². The number of anilines is 1. The third-order valence-electron chi connectivity index (χ3n) is 2.58. The van der Waals surface area contributed by atoms with E-state index >= 15 is 0 Å². The Morgan fingerprint density at radius 3 is 2.57 bits per heavy atom. The van der Waals surface area contributed by atoms with Crippen molar-refractivity contribution >= 4 is 60.7 Å². The molecule has 1 N–H and O–H groups in total. The van der Waals surface area contributed by atoms with Gasteiger partial charge in [0.1, 0.15) is 5.69 Å². The molecule has 0 unspecified atom stereocenters. The van der Waals surface area contributed by atoms with E-state index in [1.54, 1.807) is 18.2 Å². The number of nitro benzene ring substituents is 1. The van der Waals surface area contributed by atoms with Gasteiger partial charge in [0.05, 0.1) is 10.5 Å². The number of benzene rings is 2. The van der Waals surface area contributed by atoms with Crippen molar-refractivity contribution in [1.29, 1.82) is 0 Å². The molecule has 8 heteroatoms. The molecule has 2 rings (SSSR count). The first kappa shape index (κ1) is 15.9. The summed E-state index contributed by atoms with van der Waals surface area (Å²) in [7, 11) is 0. The fourth-order valence-electron chi connectivity index (χ4n) is 1.63. The van der Waals surface area contributed by atoms with E-state index in [2.05, 4.69) is 37.2 Å². The Hall–Kier alpha value is -1.44. The lowest BCUT2D eigenvalue weighted by molar-refractivity contribution is -0.383. The molecule has 0 aromatic heterocycles. The number of nitrogens with zero attached hydrogens (tertiary/aromatic N) is 1. The van der Waals surface area contributed by atoms with Crippen LogP contribution >= 0.6 is 43.5 Å². The first-order valence-corrected chi connectivity index (χ1v) is 7.55. The average molecular weight is 434 g/mol. The topological polar surface area (TPSA) is 72.2 Å². The van der Waals surface area contributed by atoms with E-state index in [9.17, 15) is 14.9 Å². The molecule has 1 amide bonds. The molecule has 0 atom stereocenters. The molecule has 0 heterocycles. The van der Waals surface area contributed by atoms with E-state index in [4.69, 9.17) is 11.6 Å². The van der Waals surface area contributed by atoms with Crippen LogP contribution in [0.4, 0.5) is 11.4 Å². The molecule has 0 spiro atoms. The van der Waals surface area contributed by atoms with E-state index < -0.39 is 10.8 Å². The van der Waals surface area contributed by atoms with Crippen LogP contribution < -0.4 is 5.32 Å². The van der Waals surface area contributed by atoms with Crippen molar-refractivity contribution in [3.05, 3.63) is 66.0 Å². The number of halogens is 3. The number of hydrogen-bond donors (Lipinski definition) is 1. The molecule has 0 aliphatic carbocycles. The highest BCUT2D eigenvalue weighted by atomic mass is 79.9. The Kier molecular flexibility index (Phi) is 4.97. The SMILES string of the molecule is O=C(Nc1cc(Cl)ccc1[N+](=O)[O-])c1cc(Br)ccc1Br. The van der Waals surface area contributed by atoms with Crippen molar-refractivity contribution in [2.45, 2.75) is 0 Å². The Labute approximate surface area is 141 Å². The van der Waals surface area contributed by atoms with Gasteiger partial charge in [-0.3, -0.25) is 14.9 Å². The molecule has 0 saturated carbocycles. The molecule has 0 aliphatic heterocycles. The third kappa shape index (κ3) is 3.81. The average Bonchev–Trinajstić information content (AvgIpc) is 2.41. The highest BCUT2D eigenvalue weighted by Gasteiger charge is 2.18. The molecule has 0 saturated heterocycles. The standard InChI is InChI=1S/C13H7Br2ClN2O3/c14-7-1-3-10(15)9(5-7)13(19)17-11-6-8(16)2-4-12(11)18(20)21/h1-6H,(H,17,19). The van der Waals surface area contributed by atoms with Gasteiger partial charge in [0.15, 0.2) is 0 Å². The summed E-state index contributed by atoms with van der Waals surface area (Å²) in [5.41, 5.74) is 0.168. The lowest BCUT2D eigenvalue weighted by Crippen LogP contribution is -2.13. The summed E-state index contributed by atoms with van der Waals surface area (Å²) in [6, 6.07) is 9.05. The van der Waals surface area contributed by atoms with Crippen molar-refractivity contribution in [3.63, 3.8) is 0 Å². The molecular weight excluding hydrogens is 427 g/mol. The predicted molar refractivity (Wildman–Crippen MR) is 87.9 cm³/mol. The van der Waals surface area contributed by atoms with Gasteiger partial charge >= 0.3 is 0 Å².